The number of rotatable bonds is 5. The lowest BCUT2D eigenvalue weighted by Gasteiger charge is -2.10. The van der Waals surface area contributed by atoms with Gasteiger partial charge >= 0.3 is 0 Å². The minimum Gasteiger partial charge on any atom is -0.269 e. The van der Waals surface area contributed by atoms with Crippen molar-refractivity contribution in [2.45, 2.75) is 31.2 Å². The van der Waals surface area contributed by atoms with E-state index in [2.05, 4.69) is 48.1 Å². The van der Waals surface area contributed by atoms with Crippen LogP contribution in [0.5, 0.6) is 0 Å². The molecule has 0 saturated heterocycles. The van der Waals surface area contributed by atoms with E-state index < -0.39 is 0 Å². The van der Waals surface area contributed by atoms with Gasteiger partial charge in [-0.3, -0.25) is 9.20 Å². The predicted molar refractivity (Wildman–Crippen MR) is 128 cm³/mol. The molecular weight excluding hydrogens is 488 g/mol. The zero-order valence-corrected chi connectivity index (χ0v) is 19.9. The van der Waals surface area contributed by atoms with Crippen molar-refractivity contribution in [3.05, 3.63) is 97.8 Å². The van der Waals surface area contributed by atoms with E-state index >= 15 is 0 Å². The van der Waals surface area contributed by atoms with Crippen LogP contribution in [-0.4, -0.2) is 29.0 Å². The van der Waals surface area contributed by atoms with E-state index in [1.165, 1.54) is 21.7 Å². The summed E-state index contributed by atoms with van der Waals surface area (Å²) in [4.78, 5) is 26.3. The monoisotopic (exact) mass is 506 g/mol. The Bertz CT molecular complexity index is 1510. The molecule has 160 valence electrons. The molecule has 9 heteroatoms. The number of hydrogen-bond donors (Lipinski definition) is 0. The van der Waals surface area contributed by atoms with Gasteiger partial charge in [0.25, 0.3) is 11.3 Å². The number of thioether (sulfide) groups is 1. The summed E-state index contributed by atoms with van der Waals surface area (Å²) in [7, 11) is 0. The summed E-state index contributed by atoms with van der Waals surface area (Å²) in [6.45, 7) is 4.06. The second-order valence-corrected chi connectivity index (χ2v) is 9.34. The van der Waals surface area contributed by atoms with Crippen LogP contribution in [0.25, 0.3) is 11.4 Å². The van der Waals surface area contributed by atoms with E-state index in [0.29, 0.717) is 28.0 Å². The largest absolute Gasteiger partial charge is 0.269 e. The fourth-order valence-corrected chi connectivity index (χ4v) is 4.69. The van der Waals surface area contributed by atoms with Crippen LogP contribution in [0.2, 0.25) is 0 Å². The summed E-state index contributed by atoms with van der Waals surface area (Å²) in [5.74, 6) is 1.07. The first-order valence-corrected chi connectivity index (χ1v) is 11.8. The van der Waals surface area contributed by atoms with Crippen molar-refractivity contribution in [3.8, 4) is 0 Å². The van der Waals surface area contributed by atoms with Crippen LogP contribution in [0.4, 0.5) is 0 Å². The van der Waals surface area contributed by atoms with Gasteiger partial charge in [0.05, 0.1) is 5.69 Å². The van der Waals surface area contributed by atoms with Gasteiger partial charge in [0.1, 0.15) is 5.65 Å². The Morgan fingerprint density at radius 2 is 1.84 bits per heavy atom. The molecule has 0 aliphatic carbocycles. The van der Waals surface area contributed by atoms with Crippen LogP contribution < -0.4 is 5.56 Å². The molecule has 0 unspecified atom stereocenters. The van der Waals surface area contributed by atoms with Crippen LogP contribution in [-0.2, 0) is 12.2 Å². The Morgan fingerprint density at radius 1 is 1.03 bits per heavy atom. The summed E-state index contributed by atoms with van der Waals surface area (Å²) in [5, 5.41) is 5.26. The third kappa shape index (κ3) is 4.05. The lowest BCUT2D eigenvalue weighted by Crippen LogP contribution is -2.15. The van der Waals surface area contributed by atoms with E-state index in [4.69, 9.17) is 0 Å². The van der Waals surface area contributed by atoms with Crippen molar-refractivity contribution in [1.82, 2.24) is 29.0 Å². The summed E-state index contributed by atoms with van der Waals surface area (Å²) in [6, 6.07) is 15.6. The van der Waals surface area contributed by atoms with E-state index in [-0.39, 0.29) is 5.56 Å². The van der Waals surface area contributed by atoms with Gasteiger partial charge < -0.3 is 0 Å². The van der Waals surface area contributed by atoms with Crippen LogP contribution in [0.15, 0.2) is 69.2 Å². The van der Waals surface area contributed by atoms with Crippen LogP contribution in [0, 0.1) is 13.8 Å². The van der Waals surface area contributed by atoms with Gasteiger partial charge in [-0.15, -0.1) is 5.10 Å². The molecule has 0 saturated carbocycles. The maximum Gasteiger partial charge on any atom is 0.258 e. The number of fused-ring (bicyclic) bond motifs is 2. The Labute approximate surface area is 196 Å². The SMILES string of the molecule is Cc1nc2nc(SCc3cc(=O)n4cc(Br)ccc4n3)nn2c(C)c1Cc1ccccc1. The van der Waals surface area contributed by atoms with Crippen molar-refractivity contribution in [2.24, 2.45) is 0 Å². The van der Waals surface area contributed by atoms with Crippen molar-refractivity contribution in [3.63, 3.8) is 0 Å². The van der Waals surface area contributed by atoms with Gasteiger partial charge in [0.2, 0.25) is 5.16 Å². The number of aromatic nitrogens is 6. The van der Waals surface area contributed by atoms with Crippen LogP contribution >= 0.6 is 27.7 Å². The molecule has 4 aromatic heterocycles. The normalized spacial score (nSPS) is 11.5. The number of hydrogen-bond acceptors (Lipinski definition) is 6. The van der Waals surface area contributed by atoms with Gasteiger partial charge in [0, 0.05) is 40.3 Å². The maximum absolute atomic E-state index is 12.4. The standard InChI is InChI=1S/C23H19BrN6OS/c1-14-19(10-16-6-4-3-5-7-16)15(2)30-22(25-14)27-23(28-30)32-13-18-11-21(31)29-12-17(24)8-9-20(29)26-18/h3-9,11-12H,10,13H2,1-2H3. The number of nitrogens with zero attached hydrogens (tertiary/aromatic N) is 6. The highest BCUT2D eigenvalue weighted by Gasteiger charge is 2.15. The molecule has 4 heterocycles. The molecule has 1 aromatic carbocycles. The molecule has 0 amide bonds. The van der Waals surface area contributed by atoms with Gasteiger partial charge in [-0.05, 0) is 53.0 Å². The minimum atomic E-state index is -0.117. The summed E-state index contributed by atoms with van der Waals surface area (Å²) in [6.07, 6.45) is 2.51. The number of aryl methyl sites for hydroxylation is 2. The lowest BCUT2D eigenvalue weighted by atomic mass is 10.0. The summed E-state index contributed by atoms with van der Waals surface area (Å²) in [5.41, 5.74) is 5.55. The molecule has 0 atom stereocenters. The molecule has 32 heavy (non-hydrogen) atoms. The molecule has 0 N–H and O–H groups in total. The van der Waals surface area contributed by atoms with Gasteiger partial charge in [-0.2, -0.15) is 4.98 Å². The quantitative estimate of drug-likeness (QED) is 0.329. The maximum atomic E-state index is 12.4. The van der Waals surface area contributed by atoms with Crippen LogP contribution in [0.3, 0.4) is 0 Å². The molecular formula is C23H19BrN6OS. The summed E-state index contributed by atoms with van der Waals surface area (Å²) < 4.78 is 4.15. The third-order valence-corrected chi connectivity index (χ3v) is 6.62. The highest BCUT2D eigenvalue weighted by atomic mass is 79.9. The molecule has 0 fully saturated rings. The Kier molecular flexibility index (Phi) is 5.52. The fraction of sp³-hybridized carbons (Fsp3) is 0.174. The highest BCUT2D eigenvalue weighted by Crippen LogP contribution is 2.22. The fourth-order valence-electron chi connectivity index (χ4n) is 3.65. The molecule has 0 spiro atoms. The molecule has 0 bridgehead atoms. The second-order valence-electron chi connectivity index (χ2n) is 7.48. The van der Waals surface area contributed by atoms with Gasteiger partial charge in [-0.25, -0.2) is 14.5 Å². The Morgan fingerprint density at radius 3 is 2.66 bits per heavy atom. The highest BCUT2D eigenvalue weighted by molar-refractivity contribution is 9.10. The number of halogens is 1. The van der Waals surface area contributed by atoms with Crippen molar-refractivity contribution in [1.29, 1.82) is 0 Å². The Hall–Kier alpha value is -3.04. The van der Waals surface area contributed by atoms with Gasteiger partial charge in [-0.1, -0.05) is 42.1 Å². The molecule has 0 aliphatic rings. The van der Waals surface area contributed by atoms with Crippen molar-refractivity contribution >= 4 is 39.1 Å². The molecule has 5 rings (SSSR count). The number of benzene rings is 1. The first kappa shape index (κ1) is 20.8. The van der Waals surface area contributed by atoms with E-state index in [9.17, 15) is 4.79 Å². The zero-order chi connectivity index (χ0) is 22.2. The zero-order valence-electron chi connectivity index (χ0n) is 17.5. The Balaban J connectivity index is 1.42. The summed E-state index contributed by atoms with van der Waals surface area (Å²) >= 11 is 4.82. The van der Waals surface area contributed by atoms with Crippen molar-refractivity contribution < 1.29 is 0 Å². The first-order valence-electron chi connectivity index (χ1n) is 10.1. The molecule has 5 aromatic rings. The van der Waals surface area contributed by atoms with E-state index in [1.54, 1.807) is 16.8 Å². The topological polar surface area (TPSA) is 77.5 Å². The van der Waals surface area contributed by atoms with Gasteiger partial charge in [0.15, 0.2) is 0 Å². The van der Waals surface area contributed by atoms with E-state index in [0.717, 1.165) is 27.8 Å². The average molecular weight is 507 g/mol. The third-order valence-electron chi connectivity index (χ3n) is 5.28. The molecule has 0 radical (unpaired) electrons. The van der Waals surface area contributed by atoms with Crippen LogP contribution in [0.1, 0.15) is 28.2 Å². The molecule has 0 aliphatic heterocycles. The second kappa shape index (κ2) is 8.48. The van der Waals surface area contributed by atoms with Crippen molar-refractivity contribution in [2.75, 3.05) is 0 Å². The predicted octanol–water partition coefficient (Wildman–Crippen LogP) is 4.39. The van der Waals surface area contributed by atoms with E-state index in [1.807, 2.05) is 44.2 Å². The number of pyridine rings is 1. The molecule has 7 nitrogen and oxygen atoms in total. The lowest BCUT2D eigenvalue weighted by molar-refractivity contribution is 0.823. The minimum absolute atomic E-state index is 0.117. The first-order chi connectivity index (χ1) is 15.5. The smallest absolute Gasteiger partial charge is 0.258 e. The average Bonchev–Trinajstić information content (AvgIpc) is 3.19.